The molecule has 1 saturated carbocycles. The van der Waals surface area contributed by atoms with Crippen LogP contribution in [-0.4, -0.2) is 23.8 Å². The molecule has 6 nitrogen and oxygen atoms in total. The van der Waals surface area contributed by atoms with Crippen LogP contribution in [0.3, 0.4) is 0 Å². The topological polar surface area (TPSA) is 89.5 Å². The van der Waals surface area contributed by atoms with Crippen LogP contribution in [-0.2, 0) is 10.0 Å². The van der Waals surface area contributed by atoms with Gasteiger partial charge in [0.1, 0.15) is 0 Å². The third-order valence-corrected chi connectivity index (χ3v) is 5.51. The largest absolute Gasteiger partial charge is 0.381 e. The van der Waals surface area contributed by atoms with Crippen LogP contribution in [0.15, 0.2) is 16.6 Å². The standard InChI is InChI=1S/C10H14N4O2S2/c1-6-4-7(5-6)13-18(15,16)9-8(11)12-10-14(9)2-3-17-10/h2-3,6-7,13H,4-5,11H2,1H3. The molecule has 0 saturated heterocycles. The molecule has 8 heteroatoms. The molecule has 3 N–H and O–H groups in total. The summed E-state index contributed by atoms with van der Waals surface area (Å²) in [6, 6.07) is 0.0218. The second kappa shape index (κ2) is 3.94. The van der Waals surface area contributed by atoms with E-state index in [2.05, 4.69) is 16.6 Å². The van der Waals surface area contributed by atoms with Crippen molar-refractivity contribution in [2.45, 2.75) is 30.8 Å². The Kier molecular flexibility index (Phi) is 2.61. The van der Waals surface area contributed by atoms with E-state index in [1.54, 1.807) is 11.6 Å². The van der Waals surface area contributed by atoms with Gasteiger partial charge in [-0.3, -0.25) is 4.40 Å². The van der Waals surface area contributed by atoms with Gasteiger partial charge in [0.25, 0.3) is 10.0 Å². The quantitative estimate of drug-likeness (QED) is 0.882. The molecule has 0 aromatic carbocycles. The smallest absolute Gasteiger partial charge is 0.260 e. The first-order valence-corrected chi connectivity index (χ1v) is 8.07. The normalized spacial score (nSPS) is 24.3. The number of nitrogens with two attached hydrogens (primary N) is 1. The molecule has 98 valence electrons. The Labute approximate surface area is 109 Å². The molecule has 1 fully saturated rings. The zero-order chi connectivity index (χ0) is 12.9. The van der Waals surface area contributed by atoms with Crippen molar-refractivity contribution in [1.82, 2.24) is 14.1 Å². The lowest BCUT2D eigenvalue weighted by Crippen LogP contribution is -2.43. The van der Waals surface area contributed by atoms with Crippen LogP contribution in [0.4, 0.5) is 5.82 Å². The van der Waals surface area contributed by atoms with E-state index < -0.39 is 10.0 Å². The van der Waals surface area contributed by atoms with Crippen LogP contribution in [0, 0.1) is 5.92 Å². The molecule has 0 bridgehead atoms. The number of hydrogen-bond acceptors (Lipinski definition) is 5. The number of sulfonamides is 1. The van der Waals surface area contributed by atoms with Gasteiger partial charge in [0.2, 0.25) is 0 Å². The van der Waals surface area contributed by atoms with Gasteiger partial charge in [0.15, 0.2) is 15.8 Å². The van der Waals surface area contributed by atoms with E-state index in [1.807, 2.05) is 0 Å². The second-order valence-electron chi connectivity index (χ2n) is 4.75. The summed E-state index contributed by atoms with van der Waals surface area (Å²) < 4.78 is 28.8. The number of rotatable bonds is 3. The maximum Gasteiger partial charge on any atom is 0.260 e. The summed E-state index contributed by atoms with van der Waals surface area (Å²) in [4.78, 5) is 4.64. The van der Waals surface area contributed by atoms with E-state index >= 15 is 0 Å². The molecular weight excluding hydrogens is 272 g/mol. The summed E-state index contributed by atoms with van der Waals surface area (Å²) in [6.07, 6.45) is 3.43. The summed E-state index contributed by atoms with van der Waals surface area (Å²) in [5.74, 6) is 0.642. The van der Waals surface area contributed by atoms with E-state index in [1.165, 1.54) is 15.7 Å². The summed E-state index contributed by atoms with van der Waals surface area (Å²) in [6.45, 7) is 2.11. The number of nitrogens with one attached hydrogen (secondary N) is 1. The molecule has 0 aliphatic heterocycles. The van der Waals surface area contributed by atoms with E-state index in [-0.39, 0.29) is 16.9 Å². The van der Waals surface area contributed by atoms with Gasteiger partial charge in [-0.1, -0.05) is 6.92 Å². The first-order chi connectivity index (χ1) is 8.47. The molecule has 3 rings (SSSR count). The van der Waals surface area contributed by atoms with Gasteiger partial charge in [0.05, 0.1) is 0 Å². The molecular formula is C10H14N4O2S2. The summed E-state index contributed by atoms with van der Waals surface area (Å²) >= 11 is 1.36. The van der Waals surface area contributed by atoms with E-state index in [4.69, 9.17) is 5.73 Å². The van der Waals surface area contributed by atoms with Crippen molar-refractivity contribution in [3.8, 4) is 0 Å². The Morgan fingerprint density at radius 1 is 1.56 bits per heavy atom. The van der Waals surface area contributed by atoms with Crippen LogP contribution in [0.5, 0.6) is 0 Å². The number of nitrogen functional groups attached to an aromatic ring is 1. The summed E-state index contributed by atoms with van der Waals surface area (Å²) in [7, 11) is -3.60. The van der Waals surface area contributed by atoms with E-state index in [0.29, 0.717) is 10.9 Å². The van der Waals surface area contributed by atoms with Crippen molar-refractivity contribution in [3.63, 3.8) is 0 Å². The number of aromatic nitrogens is 2. The lowest BCUT2D eigenvalue weighted by Gasteiger charge is -2.32. The summed E-state index contributed by atoms with van der Waals surface area (Å²) in [5, 5.41) is 1.84. The molecule has 0 radical (unpaired) electrons. The van der Waals surface area contributed by atoms with Gasteiger partial charge in [-0.05, 0) is 18.8 Å². The molecule has 18 heavy (non-hydrogen) atoms. The highest BCUT2D eigenvalue weighted by molar-refractivity contribution is 7.89. The Bertz CT molecular complexity index is 682. The van der Waals surface area contributed by atoms with E-state index in [0.717, 1.165) is 12.8 Å². The van der Waals surface area contributed by atoms with Crippen molar-refractivity contribution in [2.24, 2.45) is 5.92 Å². The number of fused-ring (bicyclic) bond motifs is 1. The van der Waals surface area contributed by atoms with Crippen molar-refractivity contribution < 1.29 is 8.42 Å². The maximum atomic E-state index is 12.3. The molecule has 2 aromatic rings. The predicted molar refractivity (Wildman–Crippen MR) is 70.0 cm³/mol. The van der Waals surface area contributed by atoms with Crippen molar-refractivity contribution >= 4 is 32.1 Å². The third kappa shape index (κ3) is 1.80. The molecule has 0 amide bonds. The highest BCUT2D eigenvalue weighted by Gasteiger charge is 2.32. The van der Waals surface area contributed by atoms with Gasteiger partial charge in [-0.2, -0.15) is 0 Å². The average molecular weight is 286 g/mol. The Hall–Kier alpha value is -1.12. The minimum Gasteiger partial charge on any atom is -0.381 e. The minimum atomic E-state index is -3.60. The monoisotopic (exact) mass is 286 g/mol. The lowest BCUT2D eigenvalue weighted by atomic mass is 9.83. The lowest BCUT2D eigenvalue weighted by molar-refractivity contribution is 0.270. The van der Waals surface area contributed by atoms with Gasteiger partial charge in [-0.15, -0.1) is 11.3 Å². The second-order valence-corrected chi connectivity index (χ2v) is 7.25. The maximum absolute atomic E-state index is 12.3. The molecule has 1 aliphatic carbocycles. The van der Waals surface area contributed by atoms with Crippen LogP contribution >= 0.6 is 11.3 Å². The third-order valence-electron chi connectivity index (χ3n) is 3.19. The zero-order valence-corrected chi connectivity index (χ0v) is 11.5. The molecule has 0 unspecified atom stereocenters. The predicted octanol–water partition coefficient (Wildman–Crippen LogP) is 1.05. The van der Waals surface area contributed by atoms with Crippen molar-refractivity contribution in [1.29, 1.82) is 0 Å². The van der Waals surface area contributed by atoms with Gasteiger partial charge in [0, 0.05) is 17.6 Å². The number of anilines is 1. The fourth-order valence-electron chi connectivity index (χ4n) is 2.32. The van der Waals surface area contributed by atoms with Crippen LogP contribution < -0.4 is 10.5 Å². The Balaban J connectivity index is 1.97. The fourth-order valence-corrected chi connectivity index (χ4v) is 4.57. The van der Waals surface area contributed by atoms with Crippen LogP contribution in [0.1, 0.15) is 19.8 Å². The number of imidazole rings is 1. The highest BCUT2D eigenvalue weighted by Crippen LogP contribution is 2.29. The number of hydrogen-bond donors (Lipinski definition) is 2. The van der Waals surface area contributed by atoms with Crippen LogP contribution in [0.25, 0.3) is 4.96 Å². The first kappa shape index (κ1) is 11.9. The minimum absolute atomic E-state index is 0.0218. The number of nitrogens with zero attached hydrogens (tertiary/aromatic N) is 2. The van der Waals surface area contributed by atoms with Gasteiger partial charge >= 0.3 is 0 Å². The summed E-state index contributed by atoms with van der Waals surface area (Å²) in [5.41, 5.74) is 5.70. The Morgan fingerprint density at radius 2 is 2.28 bits per heavy atom. The molecule has 1 aliphatic rings. The zero-order valence-electron chi connectivity index (χ0n) is 9.83. The number of thiazole rings is 1. The SMILES string of the molecule is CC1CC(NS(=O)(=O)c2c(N)nc3sccn23)C1. The fraction of sp³-hybridized carbons (Fsp3) is 0.500. The highest BCUT2D eigenvalue weighted by atomic mass is 32.2. The average Bonchev–Trinajstić information content (AvgIpc) is 2.73. The van der Waals surface area contributed by atoms with Crippen molar-refractivity contribution in [3.05, 3.63) is 11.6 Å². The van der Waals surface area contributed by atoms with E-state index in [9.17, 15) is 8.42 Å². The molecule has 2 aromatic heterocycles. The molecule has 0 spiro atoms. The van der Waals surface area contributed by atoms with Crippen LogP contribution in [0.2, 0.25) is 0 Å². The van der Waals surface area contributed by atoms with Gasteiger partial charge < -0.3 is 5.73 Å². The molecule has 2 heterocycles. The van der Waals surface area contributed by atoms with Gasteiger partial charge in [-0.25, -0.2) is 18.1 Å². The van der Waals surface area contributed by atoms with Crippen molar-refractivity contribution in [2.75, 3.05) is 5.73 Å². The Morgan fingerprint density at radius 3 is 2.94 bits per heavy atom. The molecule has 0 atom stereocenters. The first-order valence-electron chi connectivity index (χ1n) is 5.71.